The molecule has 4 aromatic rings. The van der Waals surface area contributed by atoms with Crippen molar-refractivity contribution < 1.29 is 19.0 Å². The van der Waals surface area contributed by atoms with Crippen molar-refractivity contribution in [3.05, 3.63) is 101 Å². The summed E-state index contributed by atoms with van der Waals surface area (Å²) in [6, 6.07) is 25.5. The van der Waals surface area contributed by atoms with Gasteiger partial charge in [-0.2, -0.15) is 0 Å². The molecule has 4 nitrogen and oxygen atoms in total. The van der Waals surface area contributed by atoms with E-state index in [1.165, 1.54) is 23.3 Å². The molecule has 4 aromatic carbocycles. The van der Waals surface area contributed by atoms with Crippen molar-refractivity contribution in [1.29, 1.82) is 0 Å². The molecule has 0 aliphatic carbocycles. The molecule has 0 atom stereocenters. The lowest BCUT2D eigenvalue weighted by atomic mass is 9.93. The average molecular weight is 486 g/mol. The number of ether oxygens (including phenoxy) is 1. The summed E-state index contributed by atoms with van der Waals surface area (Å²) in [6.07, 6.45) is 2.05. The van der Waals surface area contributed by atoms with Gasteiger partial charge in [0.1, 0.15) is 11.6 Å². The monoisotopic (exact) mass is 485 g/mol. The first-order chi connectivity index (χ1) is 17.5. The number of carbonyl (C=O) groups is 1. The first-order valence-corrected chi connectivity index (χ1v) is 12.5. The Balaban J connectivity index is 1.47. The third-order valence-electron chi connectivity index (χ3n) is 6.21. The molecule has 0 unspecified atom stereocenters. The van der Waals surface area contributed by atoms with Crippen LogP contribution < -0.4 is 10.1 Å². The van der Waals surface area contributed by atoms with Crippen molar-refractivity contribution in [2.24, 2.45) is 0 Å². The summed E-state index contributed by atoms with van der Waals surface area (Å²) in [6.45, 7) is 4.34. The van der Waals surface area contributed by atoms with Gasteiger partial charge in [0, 0.05) is 6.42 Å². The number of fused-ring (bicyclic) bond motifs is 1. The van der Waals surface area contributed by atoms with Gasteiger partial charge in [0.25, 0.3) is 0 Å². The maximum Gasteiger partial charge on any atom is 0.303 e. The van der Waals surface area contributed by atoms with Crippen LogP contribution in [0.4, 0.5) is 4.39 Å². The number of aryl methyl sites for hydroxylation is 1. The number of hydrogen-bond acceptors (Lipinski definition) is 3. The molecule has 0 aliphatic rings. The van der Waals surface area contributed by atoms with E-state index < -0.39 is 5.97 Å². The molecule has 2 N–H and O–H groups in total. The molecule has 0 bridgehead atoms. The molecule has 36 heavy (non-hydrogen) atoms. The molecule has 0 heterocycles. The molecule has 5 heteroatoms. The molecule has 0 aromatic heterocycles. The van der Waals surface area contributed by atoms with Gasteiger partial charge in [0.05, 0.1) is 6.61 Å². The normalized spacial score (nSPS) is 11.1. The van der Waals surface area contributed by atoms with Gasteiger partial charge >= 0.3 is 5.97 Å². The minimum Gasteiger partial charge on any atom is -0.494 e. The minimum atomic E-state index is -0.886. The Kier molecular flexibility index (Phi) is 8.69. The highest BCUT2D eigenvalue weighted by Gasteiger charge is 2.10. The lowest BCUT2D eigenvalue weighted by molar-refractivity contribution is -0.136. The largest absolute Gasteiger partial charge is 0.494 e. The lowest BCUT2D eigenvalue weighted by Gasteiger charge is -2.13. The predicted octanol–water partition coefficient (Wildman–Crippen LogP) is 6.44. The van der Waals surface area contributed by atoms with E-state index in [1.54, 1.807) is 0 Å². The smallest absolute Gasteiger partial charge is 0.303 e. The number of rotatable bonds is 12. The molecule has 0 saturated carbocycles. The van der Waals surface area contributed by atoms with Crippen LogP contribution in [0.2, 0.25) is 0 Å². The van der Waals surface area contributed by atoms with E-state index in [4.69, 9.17) is 9.84 Å². The quantitative estimate of drug-likeness (QED) is 0.227. The highest BCUT2D eigenvalue weighted by Crippen LogP contribution is 2.32. The van der Waals surface area contributed by atoms with Crippen LogP contribution in [0.1, 0.15) is 30.0 Å². The molecule has 0 spiro atoms. The zero-order valence-corrected chi connectivity index (χ0v) is 20.6. The second-order valence-corrected chi connectivity index (χ2v) is 8.94. The van der Waals surface area contributed by atoms with Crippen LogP contribution in [0.3, 0.4) is 0 Å². The maximum atomic E-state index is 14.5. The summed E-state index contributed by atoms with van der Waals surface area (Å²) >= 11 is 0. The molecule has 0 radical (unpaired) electrons. The number of carboxylic acids is 1. The zero-order valence-electron chi connectivity index (χ0n) is 20.6. The minimum absolute atomic E-state index is 0.0225. The number of nitrogens with one attached hydrogen (secondary N) is 1. The van der Waals surface area contributed by atoms with Crippen LogP contribution in [0.25, 0.3) is 21.9 Å². The van der Waals surface area contributed by atoms with E-state index in [-0.39, 0.29) is 12.2 Å². The van der Waals surface area contributed by atoms with Crippen LogP contribution >= 0.6 is 0 Å². The highest BCUT2D eigenvalue weighted by molar-refractivity contribution is 5.97. The van der Waals surface area contributed by atoms with E-state index in [0.29, 0.717) is 18.6 Å². The van der Waals surface area contributed by atoms with Crippen molar-refractivity contribution in [2.75, 3.05) is 19.7 Å². The van der Waals surface area contributed by atoms with Crippen LogP contribution in [0.15, 0.2) is 78.9 Å². The van der Waals surface area contributed by atoms with Gasteiger partial charge in [0.15, 0.2) is 0 Å². The Morgan fingerprint density at radius 1 is 0.861 bits per heavy atom. The molecule has 0 saturated heterocycles. The number of benzene rings is 4. The molecule has 0 aliphatic heterocycles. The number of aliphatic carboxylic acids is 1. The van der Waals surface area contributed by atoms with Gasteiger partial charge in [-0.3, -0.25) is 4.79 Å². The second-order valence-electron chi connectivity index (χ2n) is 8.94. The standard InChI is InChI=1S/C31H32FNO3/c1-2-36-28-8-5-6-22(19-28)12-14-33-15-13-24-16-25-7-3-4-9-29(25)30(20-24)26-17-23(10-11-31(34)35)18-27(32)21-26/h3-9,16-21,33H,2,10-15H2,1H3,(H,34,35). The van der Waals surface area contributed by atoms with Gasteiger partial charge in [0.2, 0.25) is 0 Å². The lowest BCUT2D eigenvalue weighted by Crippen LogP contribution is -2.20. The first-order valence-electron chi connectivity index (χ1n) is 12.5. The topological polar surface area (TPSA) is 58.6 Å². The van der Waals surface area contributed by atoms with Crippen molar-refractivity contribution >= 4 is 16.7 Å². The summed E-state index contributed by atoms with van der Waals surface area (Å²) in [4.78, 5) is 11.0. The molecule has 186 valence electrons. The van der Waals surface area contributed by atoms with Gasteiger partial charge in [-0.15, -0.1) is 0 Å². The van der Waals surface area contributed by atoms with Gasteiger partial charge in [-0.25, -0.2) is 4.39 Å². The van der Waals surface area contributed by atoms with Gasteiger partial charge in [-0.1, -0.05) is 54.6 Å². The molecule has 0 amide bonds. The van der Waals surface area contributed by atoms with Gasteiger partial charge < -0.3 is 15.2 Å². The third kappa shape index (κ3) is 6.92. The van der Waals surface area contributed by atoms with Crippen molar-refractivity contribution in [3.63, 3.8) is 0 Å². The van der Waals surface area contributed by atoms with Crippen molar-refractivity contribution in [3.8, 4) is 16.9 Å². The Morgan fingerprint density at radius 3 is 2.44 bits per heavy atom. The summed E-state index contributed by atoms with van der Waals surface area (Å²) in [5.41, 5.74) is 4.84. The second kappa shape index (κ2) is 12.3. The van der Waals surface area contributed by atoms with Crippen molar-refractivity contribution in [1.82, 2.24) is 5.32 Å². The first kappa shape index (κ1) is 25.4. The predicted molar refractivity (Wildman–Crippen MR) is 143 cm³/mol. The fourth-order valence-corrected chi connectivity index (χ4v) is 4.51. The Hall–Kier alpha value is -3.70. The number of hydrogen-bond donors (Lipinski definition) is 2. The van der Waals surface area contributed by atoms with Crippen LogP contribution in [-0.2, 0) is 24.1 Å². The maximum absolute atomic E-state index is 14.5. The third-order valence-corrected chi connectivity index (χ3v) is 6.21. The summed E-state index contributed by atoms with van der Waals surface area (Å²) in [7, 11) is 0. The fraction of sp³-hybridized carbons (Fsp3) is 0.258. The van der Waals surface area contributed by atoms with Gasteiger partial charge in [-0.05, 0) is 102 Å². The Morgan fingerprint density at radius 2 is 1.64 bits per heavy atom. The summed E-state index contributed by atoms with van der Waals surface area (Å²) in [5, 5.41) is 14.7. The molecule has 4 rings (SSSR count). The van der Waals surface area contributed by atoms with E-state index in [9.17, 15) is 9.18 Å². The average Bonchev–Trinajstić information content (AvgIpc) is 2.87. The summed E-state index contributed by atoms with van der Waals surface area (Å²) in [5.74, 6) is -0.331. The molecular weight excluding hydrogens is 453 g/mol. The van der Waals surface area contributed by atoms with Crippen LogP contribution in [-0.4, -0.2) is 30.8 Å². The van der Waals surface area contributed by atoms with Crippen LogP contribution in [0, 0.1) is 5.82 Å². The zero-order chi connectivity index (χ0) is 25.3. The van der Waals surface area contributed by atoms with E-state index in [1.807, 2.05) is 43.3 Å². The van der Waals surface area contributed by atoms with Crippen molar-refractivity contribution in [2.45, 2.75) is 32.6 Å². The highest BCUT2D eigenvalue weighted by atomic mass is 19.1. The fourth-order valence-electron chi connectivity index (χ4n) is 4.51. The molecular formula is C31H32FNO3. The molecule has 0 fully saturated rings. The van der Waals surface area contributed by atoms with E-state index >= 15 is 0 Å². The number of carboxylic acid groups (broad SMARTS) is 1. The van der Waals surface area contributed by atoms with Crippen LogP contribution in [0.5, 0.6) is 5.75 Å². The Labute approximate surface area is 211 Å². The van der Waals surface area contributed by atoms with E-state index in [2.05, 4.69) is 35.6 Å². The SMILES string of the molecule is CCOc1cccc(CCNCCc2cc(-c3cc(F)cc(CCC(=O)O)c3)c3ccccc3c2)c1. The van der Waals surface area contributed by atoms with E-state index in [0.717, 1.165) is 53.6 Å². The number of halogens is 1. The summed E-state index contributed by atoms with van der Waals surface area (Å²) < 4.78 is 20.1. The Bertz CT molecular complexity index is 1330.